The molecule has 1 aromatic heterocycles. The van der Waals surface area contributed by atoms with E-state index >= 15 is 0 Å². The fourth-order valence-corrected chi connectivity index (χ4v) is 3.12. The number of pyridine rings is 1. The second-order valence-electron chi connectivity index (χ2n) is 5.19. The summed E-state index contributed by atoms with van der Waals surface area (Å²) in [6, 6.07) is 2.08. The van der Waals surface area contributed by atoms with Crippen LogP contribution in [0.2, 0.25) is 0 Å². The maximum atomic E-state index is 5.81. The van der Waals surface area contributed by atoms with E-state index in [1.165, 1.54) is 6.42 Å². The van der Waals surface area contributed by atoms with Gasteiger partial charge in [0.15, 0.2) is 0 Å². The first-order valence-electron chi connectivity index (χ1n) is 6.19. The van der Waals surface area contributed by atoms with Crippen molar-refractivity contribution in [2.45, 2.75) is 26.8 Å². The molecule has 1 aliphatic rings. The minimum Gasteiger partial charge on any atom is -0.356 e. The number of nitrogens with two attached hydrogens (primary N) is 1. The molecular formula is C13H20BrN3. The van der Waals surface area contributed by atoms with Gasteiger partial charge in [0.1, 0.15) is 5.82 Å². The Morgan fingerprint density at radius 1 is 1.41 bits per heavy atom. The molecule has 0 aromatic carbocycles. The average Bonchev–Trinajstić information content (AvgIpc) is 2.27. The summed E-state index contributed by atoms with van der Waals surface area (Å²) in [5.41, 5.74) is 6.93. The van der Waals surface area contributed by atoms with Gasteiger partial charge in [0.05, 0.1) is 0 Å². The zero-order valence-corrected chi connectivity index (χ0v) is 12.1. The van der Waals surface area contributed by atoms with Crippen molar-refractivity contribution in [2.24, 2.45) is 17.6 Å². The Labute approximate surface area is 112 Å². The van der Waals surface area contributed by atoms with Crippen molar-refractivity contribution in [1.29, 1.82) is 0 Å². The van der Waals surface area contributed by atoms with E-state index < -0.39 is 0 Å². The van der Waals surface area contributed by atoms with Crippen LogP contribution in [0.4, 0.5) is 5.82 Å². The van der Waals surface area contributed by atoms with Crippen molar-refractivity contribution in [3.05, 3.63) is 22.3 Å². The van der Waals surface area contributed by atoms with E-state index in [0.717, 1.165) is 40.8 Å². The van der Waals surface area contributed by atoms with Crippen LogP contribution in [-0.2, 0) is 6.54 Å². The quantitative estimate of drug-likeness (QED) is 0.913. The first-order valence-corrected chi connectivity index (χ1v) is 6.99. The maximum Gasteiger partial charge on any atom is 0.133 e. The molecule has 2 heterocycles. The minimum atomic E-state index is 0.543. The van der Waals surface area contributed by atoms with Crippen LogP contribution in [0.15, 0.2) is 16.7 Å². The third-order valence-corrected chi connectivity index (χ3v) is 3.73. The van der Waals surface area contributed by atoms with Crippen LogP contribution < -0.4 is 10.6 Å². The van der Waals surface area contributed by atoms with Gasteiger partial charge in [-0.05, 0) is 40.3 Å². The summed E-state index contributed by atoms with van der Waals surface area (Å²) >= 11 is 3.45. The smallest absolute Gasteiger partial charge is 0.133 e. The van der Waals surface area contributed by atoms with Crippen LogP contribution in [0.25, 0.3) is 0 Å². The molecule has 2 unspecified atom stereocenters. The lowest BCUT2D eigenvalue weighted by Crippen LogP contribution is -2.39. The summed E-state index contributed by atoms with van der Waals surface area (Å²) in [6.07, 6.45) is 3.17. The molecule has 3 nitrogen and oxygen atoms in total. The first-order chi connectivity index (χ1) is 8.10. The molecule has 2 N–H and O–H groups in total. The minimum absolute atomic E-state index is 0.543. The lowest BCUT2D eigenvalue weighted by atomic mass is 9.91. The number of nitrogens with zero attached hydrogens (tertiary/aromatic N) is 2. The van der Waals surface area contributed by atoms with Gasteiger partial charge in [0, 0.05) is 35.9 Å². The predicted molar refractivity (Wildman–Crippen MR) is 75.0 cm³/mol. The molecule has 2 atom stereocenters. The van der Waals surface area contributed by atoms with E-state index in [9.17, 15) is 0 Å². The van der Waals surface area contributed by atoms with Crippen molar-refractivity contribution >= 4 is 21.7 Å². The van der Waals surface area contributed by atoms with Crippen LogP contribution in [0, 0.1) is 11.8 Å². The van der Waals surface area contributed by atoms with Gasteiger partial charge in [-0.1, -0.05) is 13.8 Å². The number of anilines is 1. The van der Waals surface area contributed by atoms with Crippen LogP contribution in [0.3, 0.4) is 0 Å². The normalized spacial score (nSPS) is 25.1. The summed E-state index contributed by atoms with van der Waals surface area (Å²) in [7, 11) is 0. The van der Waals surface area contributed by atoms with Gasteiger partial charge in [-0.3, -0.25) is 0 Å². The van der Waals surface area contributed by atoms with E-state index in [1.54, 1.807) is 0 Å². The Hall–Kier alpha value is -0.610. The van der Waals surface area contributed by atoms with Gasteiger partial charge in [-0.15, -0.1) is 0 Å². The van der Waals surface area contributed by atoms with E-state index in [2.05, 4.69) is 45.7 Å². The molecule has 94 valence electrons. The number of hydrogen-bond donors (Lipinski definition) is 1. The summed E-state index contributed by atoms with van der Waals surface area (Å²) in [6.45, 7) is 7.34. The van der Waals surface area contributed by atoms with Gasteiger partial charge in [0.25, 0.3) is 0 Å². The van der Waals surface area contributed by atoms with E-state index in [-0.39, 0.29) is 0 Å². The molecule has 1 aliphatic heterocycles. The highest BCUT2D eigenvalue weighted by Crippen LogP contribution is 2.28. The number of hydrogen-bond acceptors (Lipinski definition) is 3. The fraction of sp³-hybridized carbons (Fsp3) is 0.615. The summed E-state index contributed by atoms with van der Waals surface area (Å²) < 4.78 is 1.000. The lowest BCUT2D eigenvalue weighted by Gasteiger charge is -2.36. The molecule has 0 radical (unpaired) electrons. The molecular weight excluding hydrogens is 278 g/mol. The summed E-state index contributed by atoms with van der Waals surface area (Å²) in [5.74, 6) is 2.53. The van der Waals surface area contributed by atoms with Crippen molar-refractivity contribution in [3.63, 3.8) is 0 Å². The van der Waals surface area contributed by atoms with Crippen LogP contribution in [-0.4, -0.2) is 18.1 Å². The van der Waals surface area contributed by atoms with Crippen molar-refractivity contribution < 1.29 is 0 Å². The third-order valence-electron chi connectivity index (χ3n) is 3.30. The zero-order chi connectivity index (χ0) is 12.4. The highest BCUT2D eigenvalue weighted by molar-refractivity contribution is 9.10. The molecule has 17 heavy (non-hydrogen) atoms. The Morgan fingerprint density at radius 2 is 2.06 bits per heavy atom. The Bertz CT molecular complexity index is 384. The Balaban J connectivity index is 2.26. The van der Waals surface area contributed by atoms with E-state index in [4.69, 9.17) is 5.73 Å². The summed E-state index contributed by atoms with van der Waals surface area (Å²) in [5, 5.41) is 0. The van der Waals surface area contributed by atoms with Crippen molar-refractivity contribution in [3.8, 4) is 0 Å². The predicted octanol–water partition coefficient (Wildman–Crippen LogP) is 2.79. The lowest BCUT2D eigenvalue weighted by molar-refractivity contribution is 0.355. The SMILES string of the molecule is CC1CC(C)CN(c2ncc(Br)cc2CN)C1. The highest BCUT2D eigenvalue weighted by Gasteiger charge is 2.24. The Kier molecular flexibility index (Phi) is 4.05. The maximum absolute atomic E-state index is 5.81. The largest absolute Gasteiger partial charge is 0.356 e. The molecule has 1 fully saturated rings. The van der Waals surface area contributed by atoms with Gasteiger partial charge < -0.3 is 10.6 Å². The third kappa shape index (κ3) is 2.99. The number of aromatic nitrogens is 1. The molecule has 1 aromatic rings. The van der Waals surface area contributed by atoms with E-state index in [1.807, 2.05) is 6.20 Å². The molecule has 0 bridgehead atoms. The molecule has 1 saturated heterocycles. The number of halogens is 1. The van der Waals surface area contributed by atoms with E-state index in [0.29, 0.717) is 6.54 Å². The standard InChI is InChI=1S/C13H20BrN3/c1-9-3-10(2)8-17(7-9)13-11(5-15)4-12(14)6-16-13/h4,6,9-10H,3,5,7-8,15H2,1-2H3. The number of piperidine rings is 1. The van der Waals surface area contributed by atoms with Crippen LogP contribution in [0.1, 0.15) is 25.8 Å². The molecule has 0 amide bonds. The second kappa shape index (κ2) is 5.36. The van der Waals surface area contributed by atoms with Gasteiger partial charge >= 0.3 is 0 Å². The molecule has 4 heteroatoms. The van der Waals surface area contributed by atoms with Crippen molar-refractivity contribution in [1.82, 2.24) is 4.98 Å². The molecule has 2 rings (SSSR count). The topological polar surface area (TPSA) is 42.2 Å². The highest BCUT2D eigenvalue weighted by atomic mass is 79.9. The van der Waals surface area contributed by atoms with Gasteiger partial charge in [-0.2, -0.15) is 0 Å². The number of rotatable bonds is 2. The second-order valence-corrected chi connectivity index (χ2v) is 6.11. The molecule has 0 aliphatic carbocycles. The van der Waals surface area contributed by atoms with Gasteiger partial charge in [0.2, 0.25) is 0 Å². The van der Waals surface area contributed by atoms with Crippen molar-refractivity contribution in [2.75, 3.05) is 18.0 Å². The van der Waals surface area contributed by atoms with Crippen LogP contribution >= 0.6 is 15.9 Å². The fourth-order valence-electron chi connectivity index (χ4n) is 2.74. The van der Waals surface area contributed by atoms with Crippen LogP contribution in [0.5, 0.6) is 0 Å². The Morgan fingerprint density at radius 3 is 2.65 bits per heavy atom. The first kappa shape index (κ1) is 12.8. The van der Waals surface area contributed by atoms with Gasteiger partial charge in [-0.25, -0.2) is 4.98 Å². The summed E-state index contributed by atoms with van der Waals surface area (Å²) in [4.78, 5) is 6.92. The zero-order valence-electron chi connectivity index (χ0n) is 10.5. The monoisotopic (exact) mass is 297 g/mol. The molecule has 0 saturated carbocycles. The average molecular weight is 298 g/mol. The molecule has 0 spiro atoms.